The Balaban J connectivity index is 1.77. The maximum Gasteiger partial charge on any atom is 0.357 e. The summed E-state index contributed by atoms with van der Waals surface area (Å²) in [5.41, 5.74) is 0.298. The fourth-order valence-electron chi connectivity index (χ4n) is 1.56. The number of carbonyl (C=O) groups excluding carboxylic acids is 1. The van der Waals surface area contributed by atoms with Gasteiger partial charge in [0, 0.05) is 27.6 Å². The molecule has 0 radical (unpaired) electrons. The zero-order valence-electron chi connectivity index (χ0n) is 12.1. The van der Waals surface area contributed by atoms with Crippen molar-refractivity contribution in [3.8, 4) is 0 Å². The van der Waals surface area contributed by atoms with E-state index in [0.29, 0.717) is 33.2 Å². The molecule has 1 aromatic carbocycles. The van der Waals surface area contributed by atoms with Crippen LogP contribution in [0.2, 0.25) is 10.0 Å². The number of nitrogens with zero attached hydrogens (tertiary/aromatic N) is 1. The lowest BCUT2D eigenvalue weighted by atomic mass is 10.4. The number of nitrogens with one attached hydrogen (secondary N) is 1. The number of hydrogen-bond acceptors (Lipinski definition) is 6. The minimum Gasteiger partial charge on any atom is -0.460 e. The number of anilines is 1. The van der Waals surface area contributed by atoms with Crippen molar-refractivity contribution in [2.24, 2.45) is 0 Å². The van der Waals surface area contributed by atoms with Gasteiger partial charge >= 0.3 is 5.97 Å². The standard InChI is InChI=1S/C15H14Cl2N2O2S2/c1-2-5-18-15-19-12(9-23-15)14(20)21-6-7-22-13-8-10(16)3-4-11(13)17/h2-4,8-9H,1,5-7H2,(H,18,19). The van der Waals surface area contributed by atoms with Gasteiger partial charge in [-0.25, -0.2) is 9.78 Å². The Morgan fingerprint density at radius 2 is 2.30 bits per heavy atom. The van der Waals surface area contributed by atoms with Crippen LogP contribution in [0.25, 0.3) is 0 Å². The molecular formula is C15H14Cl2N2O2S2. The summed E-state index contributed by atoms with van der Waals surface area (Å²) < 4.78 is 5.20. The second kappa shape index (κ2) is 9.17. The van der Waals surface area contributed by atoms with Crippen molar-refractivity contribution in [3.63, 3.8) is 0 Å². The zero-order chi connectivity index (χ0) is 16.7. The van der Waals surface area contributed by atoms with Gasteiger partial charge in [-0.1, -0.05) is 29.3 Å². The molecule has 0 unspecified atom stereocenters. The fourth-order valence-corrected chi connectivity index (χ4v) is 3.57. The topological polar surface area (TPSA) is 51.2 Å². The largest absolute Gasteiger partial charge is 0.460 e. The van der Waals surface area contributed by atoms with Crippen LogP contribution < -0.4 is 5.32 Å². The van der Waals surface area contributed by atoms with E-state index in [1.807, 2.05) is 0 Å². The van der Waals surface area contributed by atoms with Crippen LogP contribution in [0.5, 0.6) is 0 Å². The maximum absolute atomic E-state index is 11.9. The number of rotatable bonds is 8. The minimum absolute atomic E-state index is 0.263. The molecular weight excluding hydrogens is 375 g/mol. The number of aromatic nitrogens is 1. The number of benzene rings is 1. The Labute approximate surface area is 152 Å². The molecule has 0 saturated heterocycles. The van der Waals surface area contributed by atoms with Crippen LogP contribution in [0.3, 0.4) is 0 Å². The summed E-state index contributed by atoms with van der Waals surface area (Å²) in [7, 11) is 0. The third kappa shape index (κ3) is 5.73. The molecule has 0 saturated carbocycles. The Kier molecular flexibility index (Phi) is 7.23. The summed E-state index contributed by atoms with van der Waals surface area (Å²) in [6.45, 7) is 4.47. The van der Waals surface area contributed by atoms with Crippen LogP contribution in [-0.4, -0.2) is 29.9 Å². The summed E-state index contributed by atoms with van der Waals surface area (Å²) in [6, 6.07) is 5.26. The number of hydrogen-bond donors (Lipinski definition) is 1. The van der Waals surface area contributed by atoms with E-state index >= 15 is 0 Å². The van der Waals surface area contributed by atoms with Crippen molar-refractivity contribution in [2.45, 2.75) is 4.90 Å². The molecule has 0 aliphatic carbocycles. The molecule has 0 aliphatic rings. The van der Waals surface area contributed by atoms with E-state index in [9.17, 15) is 4.79 Å². The minimum atomic E-state index is -0.439. The van der Waals surface area contributed by atoms with Gasteiger partial charge in [0.15, 0.2) is 10.8 Å². The molecule has 1 N–H and O–H groups in total. The van der Waals surface area contributed by atoms with Gasteiger partial charge in [0.1, 0.15) is 6.61 Å². The highest BCUT2D eigenvalue weighted by Gasteiger charge is 2.12. The van der Waals surface area contributed by atoms with Gasteiger partial charge in [0.05, 0.1) is 5.02 Å². The third-order valence-electron chi connectivity index (χ3n) is 2.58. The SMILES string of the molecule is C=CCNc1nc(C(=O)OCCSc2cc(Cl)ccc2Cl)cs1. The molecule has 2 aromatic rings. The quantitative estimate of drug-likeness (QED) is 0.298. The Morgan fingerprint density at radius 3 is 3.09 bits per heavy atom. The lowest BCUT2D eigenvalue weighted by molar-refractivity contribution is 0.0524. The first-order chi connectivity index (χ1) is 11.1. The molecule has 0 amide bonds. The molecule has 0 fully saturated rings. The molecule has 8 heteroatoms. The van der Waals surface area contributed by atoms with Crippen LogP contribution in [0.1, 0.15) is 10.5 Å². The number of ether oxygens (including phenoxy) is 1. The van der Waals surface area contributed by atoms with Gasteiger partial charge in [0.25, 0.3) is 0 Å². The predicted octanol–water partition coefficient (Wildman–Crippen LogP) is 5.00. The average Bonchev–Trinajstić information content (AvgIpc) is 3.01. The summed E-state index contributed by atoms with van der Waals surface area (Å²) in [5.74, 6) is 0.142. The zero-order valence-corrected chi connectivity index (χ0v) is 15.2. The second-order valence-electron chi connectivity index (χ2n) is 4.27. The van der Waals surface area contributed by atoms with Gasteiger partial charge in [-0.15, -0.1) is 29.7 Å². The monoisotopic (exact) mass is 388 g/mol. The molecule has 0 bridgehead atoms. The predicted molar refractivity (Wildman–Crippen MR) is 98.3 cm³/mol. The summed E-state index contributed by atoms with van der Waals surface area (Å²) in [5, 5.41) is 6.59. The van der Waals surface area contributed by atoms with Crippen LogP contribution in [0.4, 0.5) is 5.13 Å². The number of thiazole rings is 1. The van der Waals surface area contributed by atoms with E-state index in [-0.39, 0.29) is 6.61 Å². The highest BCUT2D eigenvalue weighted by Crippen LogP contribution is 2.29. The Hall–Kier alpha value is -1.21. The molecule has 0 atom stereocenters. The molecule has 1 heterocycles. The Morgan fingerprint density at radius 1 is 1.48 bits per heavy atom. The average molecular weight is 389 g/mol. The van der Waals surface area contributed by atoms with Crippen molar-refractivity contribution in [2.75, 3.05) is 24.2 Å². The number of thioether (sulfide) groups is 1. The van der Waals surface area contributed by atoms with Crippen molar-refractivity contribution < 1.29 is 9.53 Å². The van der Waals surface area contributed by atoms with Crippen LogP contribution in [0.15, 0.2) is 41.1 Å². The van der Waals surface area contributed by atoms with Gasteiger partial charge in [-0.3, -0.25) is 0 Å². The van der Waals surface area contributed by atoms with Crippen molar-refractivity contribution in [1.29, 1.82) is 0 Å². The van der Waals surface area contributed by atoms with Crippen molar-refractivity contribution in [3.05, 3.63) is 52.0 Å². The number of halogens is 2. The fraction of sp³-hybridized carbons (Fsp3) is 0.200. The van der Waals surface area contributed by atoms with Crippen LogP contribution in [-0.2, 0) is 4.74 Å². The van der Waals surface area contributed by atoms with Crippen molar-refractivity contribution >= 4 is 57.4 Å². The summed E-state index contributed by atoms with van der Waals surface area (Å²) in [4.78, 5) is 16.9. The van der Waals surface area contributed by atoms with Crippen LogP contribution in [0, 0.1) is 0 Å². The van der Waals surface area contributed by atoms with E-state index in [0.717, 1.165) is 4.90 Å². The van der Waals surface area contributed by atoms with E-state index in [4.69, 9.17) is 27.9 Å². The van der Waals surface area contributed by atoms with Gasteiger partial charge in [-0.2, -0.15) is 0 Å². The molecule has 122 valence electrons. The summed E-state index contributed by atoms with van der Waals surface area (Å²) in [6.07, 6.45) is 1.72. The van der Waals surface area contributed by atoms with Gasteiger partial charge < -0.3 is 10.1 Å². The third-order valence-corrected chi connectivity index (χ3v) is 5.07. The molecule has 2 rings (SSSR count). The van der Waals surface area contributed by atoms with E-state index < -0.39 is 5.97 Å². The Bertz CT molecular complexity index is 692. The number of esters is 1. The lowest BCUT2D eigenvalue weighted by Crippen LogP contribution is -2.08. The molecule has 0 spiro atoms. The normalized spacial score (nSPS) is 10.3. The summed E-state index contributed by atoms with van der Waals surface area (Å²) >= 11 is 14.8. The van der Waals surface area contributed by atoms with Gasteiger partial charge in [-0.05, 0) is 18.2 Å². The highest BCUT2D eigenvalue weighted by molar-refractivity contribution is 7.99. The molecule has 23 heavy (non-hydrogen) atoms. The highest BCUT2D eigenvalue weighted by atomic mass is 35.5. The maximum atomic E-state index is 11.9. The number of carbonyl (C=O) groups is 1. The first-order valence-electron chi connectivity index (χ1n) is 6.65. The second-order valence-corrected chi connectivity index (χ2v) is 7.11. The van der Waals surface area contributed by atoms with E-state index in [2.05, 4.69) is 16.9 Å². The first kappa shape index (κ1) is 18.1. The molecule has 1 aromatic heterocycles. The molecule has 4 nitrogen and oxygen atoms in total. The van der Waals surface area contributed by atoms with Crippen LogP contribution >= 0.6 is 46.3 Å². The van der Waals surface area contributed by atoms with E-state index in [1.54, 1.807) is 29.7 Å². The lowest BCUT2D eigenvalue weighted by Gasteiger charge is -2.05. The molecule has 0 aliphatic heterocycles. The first-order valence-corrected chi connectivity index (χ1v) is 9.27. The van der Waals surface area contributed by atoms with Gasteiger partial charge in [0.2, 0.25) is 0 Å². The van der Waals surface area contributed by atoms with Crippen molar-refractivity contribution in [1.82, 2.24) is 4.98 Å². The van der Waals surface area contributed by atoms with E-state index in [1.165, 1.54) is 23.1 Å². The smallest absolute Gasteiger partial charge is 0.357 e.